The number of aromatic nitrogens is 4. The van der Waals surface area contributed by atoms with Gasteiger partial charge in [0.2, 0.25) is 0 Å². The molecule has 0 aliphatic rings. The molecule has 0 aliphatic carbocycles. The van der Waals surface area contributed by atoms with Crippen molar-refractivity contribution in [1.82, 2.24) is 19.9 Å². The molecule has 0 saturated heterocycles. The van der Waals surface area contributed by atoms with Crippen LogP contribution in [0.1, 0.15) is 11.6 Å². The van der Waals surface area contributed by atoms with Crippen molar-refractivity contribution < 1.29 is 4.42 Å². The summed E-state index contributed by atoms with van der Waals surface area (Å²) in [5.74, 6) is 2.26. The molecule has 0 spiro atoms. The van der Waals surface area contributed by atoms with E-state index in [1.165, 1.54) is 0 Å². The smallest absolute Gasteiger partial charge is 0.163 e. The Morgan fingerprint density at radius 3 is 3.18 bits per heavy atom. The summed E-state index contributed by atoms with van der Waals surface area (Å²) in [7, 11) is 0. The summed E-state index contributed by atoms with van der Waals surface area (Å²) in [6.45, 7) is 2.42. The number of imidazole rings is 1. The molecule has 6 nitrogen and oxygen atoms in total. The number of fused-ring (bicyclic) bond motifs is 1. The molecule has 6 heteroatoms. The van der Waals surface area contributed by atoms with E-state index in [0.29, 0.717) is 18.2 Å². The highest BCUT2D eigenvalue weighted by Crippen LogP contribution is 2.17. The number of hydrogen-bond donors (Lipinski definition) is 2. The molecule has 3 aromatic rings. The van der Waals surface area contributed by atoms with E-state index in [9.17, 15) is 0 Å². The number of furan rings is 1. The van der Waals surface area contributed by atoms with E-state index in [1.807, 2.05) is 19.1 Å². The van der Waals surface area contributed by atoms with Gasteiger partial charge in [-0.25, -0.2) is 15.0 Å². The minimum Gasteiger partial charge on any atom is -0.467 e. The van der Waals surface area contributed by atoms with Gasteiger partial charge in [0.05, 0.1) is 19.1 Å². The molecule has 0 bridgehead atoms. The zero-order valence-corrected chi connectivity index (χ0v) is 9.27. The Balaban J connectivity index is 1.91. The van der Waals surface area contributed by atoms with Crippen LogP contribution >= 0.6 is 0 Å². The van der Waals surface area contributed by atoms with Crippen molar-refractivity contribution in [3.63, 3.8) is 0 Å². The molecule has 3 heterocycles. The Labute approximate surface area is 97.1 Å². The van der Waals surface area contributed by atoms with Crippen LogP contribution in [-0.2, 0) is 6.54 Å². The summed E-state index contributed by atoms with van der Waals surface area (Å²) in [4.78, 5) is 15.7. The zero-order valence-electron chi connectivity index (χ0n) is 9.27. The maximum atomic E-state index is 5.24. The number of H-pyrrole nitrogens is 1. The summed E-state index contributed by atoms with van der Waals surface area (Å²) in [5.41, 5.74) is 1.47. The lowest BCUT2D eigenvalue weighted by atomic mass is 10.4. The lowest BCUT2D eigenvalue weighted by Gasteiger charge is -2.04. The van der Waals surface area contributed by atoms with Crippen LogP contribution in [0.4, 0.5) is 5.82 Å². The van der Waals surface area contributed by atoms with Crippen molar-refractivity contribution in [3.05, 3.63) is 36.3 Å². The van der Waals surface area contributed by atoms with Crippen molar-refractivity contribution in [3.8, 4) is 0 Å². The first-order chi connectivity index (χ1) is 8.33. The first-order valence-electron chi connectivity index (χ1n) is 5.27. The SMILES string of the molecule is Cc1nc(NCc2ccco2)c2nc[nH]c2n1. The minimum atomic E-state index is 0.575. The summed E-state index contributed by atoms with van der Waals surface area (Å²) >= 11 is 0. The fourth-order valence-corrected chi connectivity index (χ4v) is 1.65. The second-order valence-corrected chi connectivity index (χ2v) is 3.65. The van der Waals surface area contributed by atoms with Crippen molar-refractivity contribution in [1.29, 1.82) is 0 Å². The Kier molecular flexibility index (Phi) is 2.25. The van der Waals surface area contributed by atoms with Crippen LogP contribution in [0, 0.1) is 6.92 Å². The lowest BCUT2D eigenvalue weighted by molar-refractivity contribution is 0.518. The van der Waals surface area contributed by atoms with Crippen LogP contribution in [0.25, 0.3) is 11.2 Å². The summed E-state index contributed by atoms with van der Waals surface area (Å²) < 4.78 is 5.24. The van der Waals surface area contributed by atoms with Gasteiger partial charge in [0.1, 0.15) is 17.1 Å². The van der Waals surface area contributed by atoms with Gasteiger partial charge in [-0.15, -0.1) is 0 Å². The lowest BCUT2D eigenvalue weighted by Crippen LogP contribution is -2.03. The molecule has 17 heavy (non-hydrogen) atoms. The third-order valence-electron chi connectivity index (χ3n) is 2.40. The first-order valence-corrected chi connectivity index (χ1v) is 5.27. The maximum Gasteiger partial charge on any atom is 0.163 e. The number of aryl methyl sites for hydroxylation is 1. The van der Waals surface area contributed by atoms with Gasteiger partial charge in [-0.3, -0.25) is 0 Å². The Morgan fingerprint density at radius 2 is 2.35 bits per heavy atom. The van der Waals surface area contributed by atoms with E-state index in [1.54, 1.807) is 12.6 Å². The summed E-state index contributed by atoms with van der Waals surface area (Å²) in [6, 6.07) is 3.76. The third-order valence-corrected chi connectivity index (χ3v) is 2.40. The number of nitrogens with zero attached hydrogens (tertiary/aromatic N) is 3. The second-order valence-electron chi connectivity index (χ2n) is 3.65. The number of rotatable bonds is 3. The normalized spacial score (nSPS) is 10.9. The average Bonchev–Trinajstić information content (AvgIpc) is 2.95. The van der Waals surface area contributed by atoms with Crippen LogP contribution in [0.15, 0.2) is 29.1 Å². The number of nitrogens with one attached hydrogen (secondary N) is 2. The van der Waals surface area contributed by atoms with E-state index in [2.05, 4.69) is 25.3 Å². The molecule has 0 saturated carbocycles. The van der Waals surface area contributed by atoms with E-state index >= 15 is 0 Å². The van der Waals surface area contributed by atoms with Crippen LogP contribution in [0.5, 0.6) is 0 Å². The topological polar surface area (TPSA) is 79.6 Å². The predicted molar refractivity (Wildman–Crippen MR) is 62.5 cm³/mol. The summed E-state index contributed by atoms with van der Waals surface area (Å²) in [5, 5.41) is 3.19. The fraction of sp³-hybridized carbons (Fsp3) is 0.182. The molecule has 3 aromatic heterocycles. The third kappa shape index (κ3) is 1.84. The van der Waals surface area contributed by atoms with Crippen molar-refractivity contribution >= 4 is 17.0 Å². The van der Waals surface area contributed by atoms with Crippen molar-refractivity contribution in [2.45, 2.75) is 13.5 Å². The van der Waals surface area contributed by atoms with Gasteiger partial charge < -0.3 is 14.7 Å². The molecule has 0 radical (unpaired) electrons. The highest BCUT2D eigenvalue weighted by Gasteiger charge is 2.08. The van der Waals surface area contributed by atoms with E-state index in [4.69, 9.17) is 4.42 Å². The van der Waals surface area contributed by atoms with E-state index in [0.717, 1.165) is 16.9 Å². The van der Waals surface area contributed by atoms with Gasteiger partial charge >= 0.3 is 0 Å². The molecule has 0 atom stereocenters. The highest BCUT2D eigenvalue weighted by molar-refractivity contribution is 5.82. The second kappa shape index (κ2) is 3.89. The van der Waals surface area contributed by atoms with Gasteiger partial charge in [0.15, 0.2) is 11.5 Å². The minimum absolute atomic E-state index is 0.575. The van der Waals surface area contributed by atoms with Gasteiger partial charge in [-0.2, -0.15) is 0 Å². The Hall–Kier alpha value is -2.37. The summed E-state index contributed by atoms with van der Waals surface area (Å²) in [6.07, 6.45) is 3.25. The highest BCUT2D eigenvalue weighted by atomic mass is 16.3. The largest absolute Gasteiger partial charge is 0.467 e. The van der Waals surface area contributed by atoms with Gasteiger partial charge in [-0.1, -0.05) is 0 Å². The number of hydrogen-bond acceptors (Lipinski definition) is 5. The molecule has 0 aromatic carbocycles. The predicted octanol–water partition coefficient (Wildman–Crippen LogP) is 1.87. The zero-order chi connectivity index (χ0) is 11.7. The molecular formula is C11H11N5O. The molecule has 0 amide bonds. The fourth-order valence-electron chi connectivity index (χ4n) is 1.65. The standard InChI is InChI=1S/C11H11N5O/c1-7-15-10(9-11(16-7)14-6-13-9)12-5-8-3-2-4-17-8/h2-4,6H,5H2,1H3,(H2,12,13,14,15,16). The molecule has 0 aliphatic heterocycles. The molecule has 0 unspecified atom stereocenters. The van der Waals surface area contributed by atoms with Crippen LogP contribution < -0.4 is 5.32 Å². The Morgan fingerprint density at radius 1 is 1.41 bits per heavy atom. The van der Waals surface area contributed by atoms with Gasteiger partial charge in [-0.05, 0) is 19.1 Å². The molecule has 2 N–H and O–H groups in total. The number of anilines is 1. The molecule has 0 fully saturated rings. The molecule has 86 valence electrons. The van der Waals surface area contributed by atoms with Crippen molar-refractivity contribution in [2.24, 2.45) is 0 Å². The van der Waals surface area contributed by atoms with Gasteiger partial charge in [0, 0.05) is 0 Å². The molecule has 3 rings (SSSR count). The average molecular weight is 229 g/mol. The number of aromatic amines is 1. The van der Waals surface area contributed by atoms with Crippen LogP contribution in [-0.4, -0.2) is 19.9 Å². The monoisotopic (exact) mass is 229 g/mol. The van der Waals surface area contributed by atoms with E-state index in [-0.39, 0.29) is 0 Å². The first kappa shape index (κ1) is 9.83. The maximum absolute atomic E-state index is 5.24. The Bertz CT molecular complexity index is 628. The van der Waals surface area contributed by atoms with E-state index < -0.39 is 0 Å². The molecular weight excluding hydrogens is 218 g/mol. The van der Waals surface area contributed by atoms with Crippen LogP contribution in [0.2, 0.25) is 0 Å². The van der Waals surface area contributed by atoms with Gasteiger partial charge in [0.25, 0.3) is 0 Å². The quantitative estimate of drug-likeness (QED) is 0.716. The van der Waals surface area contributed by atoms with Crippen molar-refractivity contribution in [2.75, 3.05) is 5.32 Å². The van der Waals surface area contributed by atoms with Crippen LogP contribution in [0.3, 0.4) is 0 Å².